The number of nitrogens with zero attached hydrogens (tertiary/aromatic N) is 2. The molecule has 0 fully saturated rings. The third-order valence-electron chi connectivity index (χ3n) is 2.69. The summed E-state index contributed by atoms with van der Waals surface area (Å²) in [4.78, 5) is 12.2. The molecule has 6 heteroatoms. The highest BCUT2D eigenvalue weighted by Crippen LogP contribution is 2.34. The predicted molar refractivity (Wildman–Crippen MR) is 71.3 cm³/mol. The van der Waals surface area contributed by atoms with Crippen molar-refractivity contribution in [2.75, 3.05) is 0 Å². The van der Waals surface area contributed by atoms with E-state index in [0.717, 1.165) is 15.8 Å². The molecule has 4 nitrogen and oxygen atoms in total. The van der Waals surface area contributed by atoms with Gasteiger partial charge in [-0.3, -0.25) is 4.79 Å². The molecule has 0 radical (unpaired) electrons. The van der Waals surface area contributed by atoms with Gasteiger partial charge in [0.15, 0.2) is 5.69 Å². The Morgan fingerprint density at radius 1 is 1.26 bits per heavy atom. The highest BCUT2D eigenvalue weighted by Gasteiger charge is 2.13. The van der Waals surface area contributed by atoms with E-state index in [1.54, 1.807) is 18.3 Å². The molecule has 0 saturated carbocycles. The average Bonchev–Trinajstić information content (AvgIpc) is 2.82. The lowest BCUT2D eigenvalue weighted by molar-refractivity contribution is 0.0996. The van der Waals surface area contributed by atoms with Gasteiger partial charge in [0.05, 0.1) is 10.9 Å². The van der Waals surface area contributed by atoms with Crippen molar-refractivity contribution in [3.8, 4) is 10.4 Å². The molecule has 3 rings (SSSR count). The first-order valence-corrected chi connectivity index (χ1v) is 6.28. The van der Waals surface area contributed by atoms with Gasteiger partial charge < -0.3 is 5.73 Å². The number of nitrogens with two attached hydrogens (primary N) is 1. The lowest BCUT2D eigenvalue weighted by Gasteiger charge is -1.95. The molecule has 19 heavy (non-hydrogen) atoms. The SMILES string of the molecule is NC(=O)c1nncc2cc(-c3ccc(F)cc3)sc12. The number of rotatable bonds is 2. The molecule has 0 aliphatic rings. The number of carbonyl (C=O) groups excluding carboxylic acids is 1. The Morgan fingerprint density at radius 3 is 2.68 bits per heavy atom. The van der Waals surface area contributed by atoms with Crippen LogP contribution in [0.1, 0.15) is 10.5 Å². The molecule has 0 saturated heterocycles. The number of carbonyl (C=O) groups is 1. The molecular formula is C13H8FN3OS. The third kappa shape index (κ3) is 2.06. The van der Waals surface area contributed by atoms with E-state index in [1.165, 1.54) is 23.5 Å². The molecule has 0 spiro atoms. The highest BCUT2D eigenvalue weighted by atomic mass is 32.1. The third-order valence-corrected chi connectivity index (χ3v) is 3.90. The molecule has 2 heterocycles. The lowest BCUT2D eigenvalue weighted by Crippen LogP contribution is -2.13. The fourth-order valence-electron chi connectivity index (χ4n) is 1.80. The van der Waals surface area contributed by atoms with Crippen molar-refractivity contribution in [2.24, 2.45) is 5.73 Å². The number of hydrogen-bond donors (Lipinski definition) is 1. The van der Waals surface area contributed by atoms with Crippen molar-refractivity contribution in [1.29, 1.82) is 0 Å². The van der Waals surface area contributed by atoms with Crippen LogP contribution in [0.5, 0.6) is 0 Å². The Balaban J connectivity index is 2.19. The summed E-state index contributed by atoms with van der Waals surface area (Å²) in [6.45, 7) is 0. The monoisotopic (exact) mass is 273 g/mol. The van der Waals surface area contributed by atoms with E-state index in [0.29, 0.717) is 4.70 Å². The summed E-state index contributed by atoms with van der Waals surface area (Å²) in [5.74, 6) is -0.892. The molecule has 1 aromatic carbocycles. The van der Waals surface area contributed by atoms with Crippen molar-refractivity contribution in [2.45, 2.75) is 0 Å². The molecule has 0 aliphatic carbocycles. The highest BCUT2D eigenvalue weighted by molar-refractivity contribution is 7.22. The fraction of sp³-hybridized carbons (Fsp3) is 0. The molecular weight excluding hydrogens is 265 g/mol. The summed E-state index contributed by atoms with van der Waals surface area (Å²) in [6.07, 6.45) is 1.57. The molecule has 0 bridgehead atoms. The van der Waals surface area contributed by atoms with Crippen LogP contribution in [0.4, 0.5) is 4.39 Å². The predicted octanol–water partition coefficient (Wildman–Crippen LogP) is 2.60. The quantitative estimate of drug-likeness (QED) is 0.780. The zero-order chi connectivity index (χ0) is 13.4. The summed E-state index contributed by atoms with van der Waals surface area (Å²) >= 11 is 1.39. The van der Waals surface area contributed by atoms with Crippen LogP contribution in [0.2, 0.25) is 0 Å². The molecule has 3 aromatic rings. The number of hydrogen-bond acceptors (Lipinski definition) is 4. The minimum Gasteiger partial charge on any atom is -0.364 e. The number of amides is 1. The molecule has 2 aromatic heterocycles. The maximum Gasteiger partial charge on any atom is 0.270 e. The van der Waals surface area contributed by atoms with Crippen molar-refractivity contribution < 1.29 is 9.18 Å². The molecule has 0 unspecified atom stereocenters. The number of benzene rings is 1. The van der Waals surface area contributed by atoms with Gasteiger partial charge in [-0.25, -0.2) is 4.39 Å². The van der Waals surface area contributed by atoms with Gasteiger partial charge in [-0.1, -0.05) is 12.1 Å². The zero-order valence-corrected chi connectivity index (χ0v) is 10.4. The van der Waals surface area contributed by atoms with E-state index in [2.05, 4.69) is 10.2 Å². The van der Waals surface area contributed by atoms with Crippen molar-refractivity contribution in [1.82, 2.24) is 10.2 Å². The first kappa shape index (κ1) is 11.7. The first-order valence-electron chi connectivity index (χ1n) is 5.46. The van der Waals surface area contributed by atoms with Gasteiger partial charge in [0.2, 0.25) is 0 Å². The van der Waals surface area contributed by atoms with Crippen LogP contribution in [-0.4, -0.2) is 16.1 Å². The van der Waals surface area contributed by atoms with E-state index in [1.807, 2.05) is 6.07 Å². The van der Waals surface area contributed by atoms with Crippen molar-refractivity contribution in [3.05, 3.63) is 48.0 Å². The average molecular weight is 273 g/mol. The van der Waals surface area contributed by atoms with Gasteiger partial charge in [0, 0.05) is 10.3 Å². The van der Waals surface area contributed by atoms with Gasteiger partial charge >= 0.3 is 0 Å². The van der Waals surface area contributed by atoms with Crippen LogP contribution in [-0.2, 0) is 0 Å². The maximum absolute atomic E-state index is 12.9. The first-order chi connectivity index (χ1) is 9.15. The van der Waals surface area contributed by atoms with Gasteiger partial charge in [-0.15, -0.1) is 16.4 Å². The Kier molecular flexibility index (Phi) is 2.72. The second kappa shape index (κ2) is 4.40. The molecule has 0 aliphatic heterocycles. The minimum atomic E-state index is -0.606. The molecule has 1 amide bonds. The van der Waals surface area contributed by atoms with Crippen LogP contribution < -0.4 is 5.73 Å². The zero-order valence-electron chi connectivity index (χ0n) is 9.63. The van der Waals surface area contributed by atoms with Gasteiger partial charge in [-0.05, 0) is 23.8 Å². The number of primary amides is 1. The molecule has 0 atom stereocenters. The van der Waals surface area contributed by atoms with Crippen LogP contribution in [0.3, 0.4) is 0 Å². The summed E-state index contributed by atoms with van der Waals surface area (Å²) < 4.78 is 13.6. The second-order valence-corrected chi connectivity index (χ2v) is 5.01. The fourth-order valence-corrected chi connectivity index (χ4v) is 2.93. The minimum absolute atomic E-state index is 0.163. The Morgan fingerprint density at radius 2 is 2.00 bits per heavy atom. The van der Waals surface area contributed by atoms with Crippen LogP contribution in [0.25, 0.3) is 20.5 Å². The number of thiophene rings is 1. The van der Waals surface area contributed by atoms with Crippen molar-refractivity contribution in [3.63, 3.8) is 0 Å². The second-order valence-electron chi connectivity index (χ2n) is 3.96. The van der Waals surface area contributed by atoms with E-state index in [-0.39, 0.29) is 11.5 Å². The molecule has 94 valence electrons. The topological polar surface area (TPSA) is 68.9 Å². The summed E-state index contributed by atoms with van der Waals surface area (Å²) in [5.41, 5.74) is 6.30. The van der Waals surface area contributed by atoms with E-state index >= 15 is 0 Å². The van der Waals surface area contributed by atoms with Crippen LogP contribution >= 0.6 is 11.3 Å². The number of aromatic nitrogens is 2. The number of halogens is 1. The van der Waals surface area contributed by atoms with Crippen LogP contribution in [0.15, 0.2) is 36.5 Å². The molecule has 2 N–H and O–H groups in total. The Bertz CT molecular complexity index is 767. The van der Waals surface area contributed by atoms with E-state index in [9.17, 15) is 9.18 Å². The van der Waals surface area contributed by atoms with Crippen LogP contribution in [0, 0.1) is 5.82 Å². The Labute approximate surface area is 111 Å². The largest absolute Gasteiger partial charge is 0.364 e. The summed E-state index contributed by atoms with van der Waals surface area (Å²) in [6, 6.07) is 8.04. The normalized spacial score (nSPS) is 10.8. The van der Waals surface area contributed by atoms with E-state index in [4.69, 9.17) is 5.73 Å². The summed E-state index contributed by atoms with van der Waals surface area (Å²) in [7, 11) is 0. The Hall–Kier alpha value is -2.34. The summed E-state index contributed by atoms with van der Waals surface area (Å²) in [5, 5.41) is 8.30. The lowest BCUT2D eigenvalue weighted by atomic mass is 10.2. The van der Waals surface area contributed by atoms with E-state index < -0.39 is 5.91 Å². The number of fused-ring (bicyclic) bond motifs is 1. The smallest absolute Gasteiger partial charge is 0.270 e. The van der Waals surface area contributed by atoms with Gasteiger partial charge in [-0.2, -0.15) is 5.10 Å². The van der Waals surface area contributed by atoms with Gasteiger partial charge in [0.25, 0.3) is 5.91 Å². The standard InChI is InChI=1S/C13H8FN3OS/c14-9-3-1-7(2-4-9)10-5-8-6-16-17-11(13(15)18)12(8)19-10/h1-6H,(H2,15,18). The van der Waals surface area contributed by atoms with Crippen molar-refractivity contribution >= 4 is 27.3 Å². The maximum atomic E-state index is 12.9. The van der Waals surface area contributed by atoms with Gasteiger partial charge in [0.1, 0.15) is 5.82 Å².